The maximum absolute atomic E-state index is 14.1. The van der Waals surface area contributed by atoms with Crippen LogP contribution in [0.2, 0.25) is 0 Å². The van der Waals surface area contributed by atoms with Crippen LogP contribution in [0.25, 0.3) is 0 Å². The average molecular weight is 379 g/mol. The molecular weight excluding hydrogens is 364 g/mol. The quantitative estimate of drug-likeness (QED) is 0.730. The molecule has 8 heteroatoms. The van der Waals surface area contributed by atoms with Gasteiger partial charge in [0, 0.05) is 22.2 Å². The van der Waals surface area contributed by atoms with Gasteiger partial charge in [0.25, 0.3) is 5.91 Å². The maximum Gasteiger partial charge on any atom is 0.320 e. The Labute approximate surface area is 152 Å². The molecule has 0 heterocycles. The van der Waals surface area contributed by atoms with Crippen LogP contribution in [-0.4, -0.2) is 26.8 Å². The van der Waals surface area contributed by atoms with Gasteiger partial charge in [-0.25, -0.2) is 8.78 Å². The number of carboxylic acids is 1. The molecule has 1 fully saturated rings. The molecule has 3 rings (SSSR count). The average Bonchev–Trinajstić information content (AvgIpc) is 2.55. The number of benzene rings is 2. The maximum atomic E-state index is 14.1. The lowest BCUT2D eigenvalue weighted by atomic mass is 9.84. The fourth-order valence-corrected chi connectivity index (χ4v) is 3.94. The number of aromatic hydroxyl groups is 1. The third kappa shape index (κ3) is 3.50. The van der Waals surface area contributed by atoms with Crippen molar-refractivity contribution in [3.8, 4) is 5.75 Å². The van der Waals surface area contributed by atoms with Crippen molar-refractivity contribution in [2.24, 2.45) is 0 Å². The van der Waals surface area contributed by atoms with E-state index in [1.807, 2.05) is 0 Å². The van der Waals surface area contributed by atoms with Crippen molar-refractivity contribution in [3.05, 3.63) is 53.6 Å². The highest BCUT2D eigenvalue weighted by molar-refractivity contribution is 8.01. The molecule has 1 amide bonds. The third-order valence-corrected chi connectivity index (χ3v) is 5.76. The largest absolute Gasteiger partial charge is 0.505 e. The first-order valence-electron chi connectivity index (χ1n) is 7.82. The van der Waals surface area contributed by atoms with Gasteiger partial charge in [0.05, 0.1) is 0 Å². The number of carboxylic acid groups (broad SMARTS) is 1. The standard InChI is InChI=1S/C18H15F2NO4S/c19-12-5-3-11(9-14(12)22)21-16(23)10-2-4-13(20)15(8-10)26-18(17(24)25)6-1-7-18/h2-5,8-9,22H,1,6-7H2,(H,21,23)(H,24,25). The summed E-state index contributed by atoms with van der Waals surface area (Å²) in [6.07, 6.45) is 1.64. The van der Waals surface area contributed by atoms with Crippen molar-refractivity contribution in [1.29, 1.82) is 0 Å². The van der Waals surface area contributed by atoms with Crippen LogP contribution >= 0.6 is 11.8 Å². The highest BCUT2D eigenvalue weighted by Gasteiger charge is 2.46. The Morgan fingerprint density at radius 2 is 1.77 bits per heavy atom. The van der Waals surface area contributed by atoms with Gasteiger partial charge >= 0.3 is 5.97 Å². The molecule has 1 aliphatic rings. The van der Waals surface area contributed by atoms with Crippen molar-refractivity contribution in [2.45, 2.75) is 28.9 Å². The van der Waals surface area contributed by atoms with Crippen molar-refractivity contribution < 1.29 is 28.6 Å². The van der Waals surface area contributed by atoms with E-state index in [-0.39, 0.29) is 16.1 Å². The molecule has 1 aliphatic carbocycles. The topological polar surface area (TPSA) is 86.6 Å². The molecule has 0 unspecified atom stereocenters. The molecule has 0 spiro atoms. The molecule has 26 heavy (non-hydrogen) atoms. The third-order valence-electron chi connectivity index (χ3n) is 4.25. The zero-order chi connectivity index (χ0) is 18.9. The first-order chi connectivity index (χ1) is 12.3. The fourth-order valence-electron chi connectivity index (χ4n) is 2.58. The number of rotatable bonds is 5. The van der Waals surface area contributed by atoms with Crippen LogP contribution in [0.3, 0.4) is 0 Å². The minimum absolute atomic E-state index is 0.0849. The fraction of sp³-hybridized carbons (Fsp3) is 0.222. The molecular formula is C18H15F2NO4S. The predicted molar refractivity (Wildman–Crippen MR) is 92.5 cm³/mol. The number of amides is 1. The number of phenols is 1. The second-order valence-corrected chi connectivity index (χ2v) is 7.45. The first kappa shape index (κ1) is 18.2. The monoisotopic (exact) mass is 379 g/mol. The van der Waals surface area contributed by atoms with Crippen molar-refractivity contribution >= 4 is 29.3 Å². The van der Waals surface area contributed by atoms with Gasteiger partial charge in [-0.2, -0.15) is 0 Å². The van der Waals surface area contributed by atoms with Crippen LogP contribution in [0, 0.1) is 11.6 Å². The number of hydrogen-bond donors (Lipinski definition) is 3. The van der Waals surface area contributed by atoms with Crippen LogP contribution in [-0.2, 0) is 4.79 Å². The number of thioether (sulfide) groups is 1. The molecule has 0 saturated heterocycles. The molecule has 0 bridgehead atoms. The summed E-state index contributed by atoms with van der Waals surface area (Å²) < 4.78 is 26.1. The van der Waals surface area contributed by atoms with Crippen LogP contribution in [0.4, 0.5) is 14.5 Å². The lowest BCUT2D eigenvalue weighted by molar-refractivity contribution is -0.142. The van der Waals surface area contributed by atoms with E-state index in [4.69, 9.17) is 0 Å². The van der Waals surface area contributed by atoms with E-state index >= 15 is 0 Å². The Morgan fingerprint density at radius 3 is 2.35 bits per heavy atom. The minimum atomic E-state index is -1.06. The number of carbonyl (C=O) groups is 2. The van der Waals surface area contributed by atoms with Crippen LogP contribution in [0.15, 0.2) is 41.3 Å². The van der Waals surface area contributed by atoms with Crippen LogP contribution in [0.1, 0.15) is 29.6 Å². The molecule has 5 nitrogen and oxygen atoms in total. The second-order valence-electron chi connectivity index (χ2n) is 6.02. The smallest absolute Gasteiger partial charge is 0.320 e. The minimum Gasteiger partial charge on any atom is -0.505 e. The van der Waals surface area contributed by atoms with Gasteiger partial charge in [0.2, 0.25) is 0 Å². The van der Waals surface area contributed by atoms with Gasteiger partial charge in [-0.3, -0.25) is 9.59 Å². The van der Waals surface area contributed by atoms with E-state index in [1.54, 1.807) is 0 Å². The van der Waals surface area contributed by atoms with Gasteiger partial charge in [0.15, 0.2) is 11.6 Å². The molecule has 136 valence electrons. The molecule has 2 aromatic rings. The summed E-state index contributed by atoms with van der Waals surface area (Å²) in [5.74, 6) is -3.60. The van der Waals surface area contributed by atoms with E-state index in [1.165, 1.54) is 18.2 Å². The van der Waals surface area contributed by atoms with E-state index < -0.39 is 34.0 Å². The molecule has 3 N–H and O–H groups in total. The molecule has 2 aromatic carbocycles. The van der Waals surface area contributed by atoms with Crippen LogP contribution < -0.4 is 5.32 Å². The Kier molecular flexibility index (Phi) is 4.86. The number of hydrogen-bond acceptors (Lipinski definition) is 4. The number of nitrogens with one attached hydrogen (secondary N) is 1. The Morgan fingerprint density at radius 1 is 1.08 bits per heavy atom. The number of halogens is 2. The summed E-state index contributed by atoms with van der Waals surface area (Å²) in [5, 5.41) is 21.2. The normalized spacial score (nSPS) is 15.2. The second kappa shape index (κ2) is 6.95. The zero-order valence-electron chi connectivity index (χ0n) is 13.5. The van der Waals surface area contributed by atoms with Gasteiger partial charge < -0.3 is 15.5 Å². The lowest BCUT2D eigenvalue weighted by Gasteiger charge is -2.36. The Hall–Kier alpha value is -2.61. The van der Waals surface area contributed by atoms with Gasteiger partial charge in [0.1, 0.15) is 10.6 Å². The van der Waals surface area contributed by atoms with Gasteiger partial charge in [-0.15, -0.1) is 11.8 Å². The van der Waals surface area contributed by atoms with E-state index in [0.717, 1.165) is 36.4 Å². The number of anilines is 1. The number of aliphatic carboxylic acids is 1. The highest BCUT2D eigenvalue weighted by Crippen LogP contribution is 2.48. The van der Waals surface area contributed by atoms with Crippen molar-refractivity contribution in [1.82, 2.24) is 0 Å². The predicted octanol–water partition coefficient (Wildman–Crippen LogP) is 4.02. The Balaban J connectivity index is 1.81. The molecule has 0 radical (unpaired) electrons. The number of phenolic OH excluding ortho intramolecular Hbond substituents is 1. The first-order valence-corrected chi connectivity index (χ1v) is 8.64. The van der Waals surface area contributed by atoms with E-state index in [0.29, 0.717) is 12.8 Å². The van der Waals surface area contributed by atoms with Crippen molar-refractivity contribution in [2.75, 3.05) is 5.32 Å². The Bertz CT molecular complexity index is 883. The number of carbonyl (C=O) groups excluding carboxylic acids is 1. The van der Waals surface area contributed by atoms with Gasteiger partial charge in [-0.1, -0.05) is 0 Å². The van der Waals surface area contributed by atoms with E-state index in [2.05, 4.69) is 5.32 Å². The van der Waals surface area contributed by atoms with Gasteiger partial charge in [-0.05, 0) is 49.6 Å². The molecule has 0 atom stereocenters. The van der Waals surface area contributed by atoms with Crippen LogP contribution in [0.5, 0.6) is 5.75 Å². The summed E-state index contributed by atoms with van der Waals surface area (Å²) in [7, 11) is 0. The summed E-state index contributed by atoms with van der Waals surface area (Å²) >= 11 is 0.911. The van der Waals surface area contributed by atoms with Crippen molar-refractivity contribution in [3.63, 3.8) is 0 Å². The molecule has 0 aliphatic heterocycles. The summed E-state index contributed by atoms with van der Waals surface area (Å²) in [5.41, 5.74) is 0.297. The highest BCUT2D eigenvalue weighted by atomic mass is 32.2. The summed E-state index contributed by atoms with van der Waals surface area (Å²) in [4.78, 5) is 23.9. The lowest BCUT2D eigenvalue weighted by Crippen LogP contribution is -2.41. The molecule has 1 saturated carbocycles. The SMILES string of the molecule is O=C(Nc1ccc(F)c(O)c1)c1ccc(F)c(SC2(C(=O)O)CCC2)c1. The van der Waals surface area contributed by atoms with E-state index in [9.17, 15) is 28.6 Å². The zero-order valence-corrected chi connectivity index (χ0v) is 14.3. The summed E-state index contributed by atoms with van der Waals surface area (Å²) in [6.45, 7) is 0. The molecule has 0 aromatic heterocycles. The summed E-state index contributed by atoms with van der Waals surface area (Å²) in [6, 6.07) is 7.01.